The Morgan fingerprint density at radius 1 is 1.23 bits per heavy atom. The molecular weight excluding hydrogens is 334 g/mol. The third-order valence-corrected chi connectivity index (χ3v) is 5.20. The van der Waals surface area contributed by atoms with Gasteiger partial charge in [-0.05, 0) is 31.9 Å². The first-order valence-electron chi connectivity index (χ1n) is 8.87. The molecule has 26 heavy (non-hydrogen) atoms. The molecule has 1 unspecified atom stereocenters. The molecule has 0 bridgehead atoms. The maximum atomic E-state index is 12.8. The Hall–Kier alpha value is -2.83. The molecule has 1 aromatic heterocycles. The van der Waals surface area contributed by atoms with Crippen molar-refractivity contribution in [1.82, 2.24) is 14.8 Å². The van der Waals surface area contributed by atoms with Crippen LogP contribution >= 0.6 is 0 Å². The number of piperidine rings is 1. The molecule has 2 fully saturated rings. The van der Waals surface area contributed by atoms with Gasteiger partial charge in [0, 0.05) is 24.5 Å². The predicted octanol–water partition coefficient (Wildman–Crippen LogP) is 2.39. The number of pyridine rings is 1. The van der Waals surface area contributed by atoms with Gasteiger partial charge in [-0.25, -0.2) is 9.78 Å². The number of hydrogen-bond donors (Lipinski definition) is 1. The Balaban J connectivity index is 1.47. The normalized spacial score (nSPS) is 21.3. The van der Waals surface area contributed by atoms with Gasteiger partial charge >= 0.3 is 6.09 Å². The molecule has 0 spiro atoms. The SMILES string of the molecule is CC1COC(=O)N1C1CCN(C(=O)c2ccc3cccc(O)c3n2)CC1. The summed E-state index contributed by atoms with van der Waals surface area (Å²) in [5.41, 5.74) is 0.758. The molecule has 3 heterocycles. The summed E-state index contributed by atoms with van der Waals surface area (Å²) in [6, 6.07) is 8.83. The fourth-order valence-corrected chi connectivity index (χ4v) is 3.80. The number of phenols is 1. The number of hydrogen-bond acceptors (Lipinski definition) is 5. The van der Waals surface area contributed by atoms with Crippen LogP contribution in [0.5, 0.6) is 5.75 Å². The second-order valence-corrected chi connectivity index (χ2v) is 6.90. The molecule has 0 aliphatic carbocycles. The highest BCUT2D eigenvalue weighted by Crippen LogP contribution is 2.26. The molecule has 136 valence electrons. The number of ether oxygens (including phenoxy) is 1. The molecule has 7 heteroatoms. The second-order valence-electron chi connectivity index (χ2n) is 6.90. The fraction of sp³-hybridized carbons (Fsp3) is 0.421. The van der Waals surface area contributed by atoms with E-state index in [1.54, 1.807) is 34.1 Å². The zero-order valence-corrected chi connectivity index (χ0v) is 14.6. The molecule has 4 rings (SSSR count). The molecule has 2 aliphatic heterocycles. The lowest BCUT2D eigenvalue weighted by molar-refractivity contribution is 0.0636. The molecule has 1 aromatic carbocycles. The van der Waals surface area contributed by atoms with Crippen LogP contribution in [0.2, 0.25) is 0 Å². The molecule has 7 nitrogen and oxygen atoms in total. The topological polar surface area (TPSA) is 83.0 Å². The summed E-state index contributed by atoms with van der Waals surface area (Å²) in [6.07, 6.45) is 1.20. The highest BCUT2D eigenvalue weighted by Gasteiger charge is 2.37. The Kier molecular flexibility index (Phi) is 4.14. The summed E-state index contributed by atoms with van der Waals surface area (Å²) in [5.74, 6) is -0.0805. The van der Waals surface area contributed by atoms with Gasteiger partial charge in [-0.3, -0.25) is 9.69 Å². The lowest BCUT2D eigenvalue weighted by Gasteiger charge is -2.37. The smallest absolute Gasteiger partial charge is 0.410 e. The highest BCUT2D eigenvalue weighted by atomic mass is 16.6. The van der Waals surface area contributed by atoms with Crippen LogP contribution in [0.4, 0.5) is 4.79 Å². The summed E-state index contributed by atoms with van der Waals surface area (Å²) in [4.78, 5) is 32.6. The number of phenolic OH excluding ortho intramolecular Hbond substituents is 1. The zero-order chi connectivity index (χ0) is 18.3. The minimum Gasteiger partial charge on any atom is -0.506 e. The maximum absolute atomic E-state index is 12.8. The van der Waals surface area contributed by atoms with Crippen molar-refractivity contribution in [3.05, 3.63) is 36.0 Å². The van der Waals surface area contributed by atoms with E-state index < -0.39 is 0 Å². The molecule has 1 atom stereocenters. The number of rotatable bonds is 2. The van der Waals surface area contributed by atoms with Crippen molar-refractivity contribution in [2.75, 3.05) is 19.7 Å². The molecule has 2 aromatic rings. The van der Waals surface area contributed by atoms with Crippen LogP contribution in [0.15, 0.2) is 30.3 Å². The molecule has 0 radical (unpaired) electrons. The van der Waals surface area contributed by atoms with Crippen LogP contribution < -0.4 is 0 Å². The summed E-state index contributed by atoms with van der Waals surface area (Å²) in [5, 5.41) is 10.8. The molecule has 2 saturated heterocycles. The minimum atomic E-state index is -0.256. The van der Waals surface area contributed by atoms with Crippen molar-refractivity contribution in [1.29, 1.82) is 0 Å². The van der Waals surface area contributed by atoms with Crippen molar-refractivity contribution in [3.8, 4) is 5.75 Å². The van der Waals surface area contributed by atoms with Crippen LogP contribution in [-0.4, -0.2) is 63.7 Å². The standard InChI is InChI=1S/C19H21N3O4/c1-12-11-26-19(25)22(12)14-7-9-21(10-8-14)18(24)15-6-5-13-3-2-4-16(23)17(13)20-15/h2-6,12,14,23H,7-11H2,1H3. The number of aromatic nitrogens is 1. The van der Waals surface area contributed by atoms with Crippen molar-refractivity contribution in [2.24, 2.45) is 0 Å². The van der Waals surface area contributed by atoms with Crippen LogP contribution in [0.3, 0.4) is 0 Å². The monoisotopic (exact) mass is 355 g/mol. The number of fused-ring (bicyclic) bond motifs is 1. The van der Waals surface area contributed by atoms with Gasteiger partial charge in [0.1, 0.15) is 23.6 Å². The number of para-hydroxylation sites is 1. The quantitative estimate of drug-likeness (QED) is 0.894. The zero-order valence-electron chi connectivity index (χ0n) is 14.6. The van der Waals surface area contributed by atoms with Crippen molar-refractivity contribution < 1.29 is 19.4 Å². The number of nitrogens with zero attached hydrogens (tertiary/aromatic N) is 3. The van der Waals surface area contributed by atoms with Crippen molar-refractivity contribution in [3.63, 3.8) is 0 Å². The third-order valence-electron chi connectivity index (χ3n) is 5.20. The minimum absolute atomic E-state index is 0.0670. The van der Waals surface area contributed by atoms with Gasteiger partial charge in [0.2, 0.25) is 0 Å². The van der Waals surface area contributed by atoms with Crippen LogP contribution in [0.1, 0.15) is 30.3 Å². The van der Waals surface area contributed by atoms with E-state index in [4.69, 9.17) is 4.74 Å². The molecule has 2 aliphatic rings. The maximum Gasteiger partial charge on any atom is 0.410 e. The van der Waals surface area contributed by atoms with E-state index in [-0.39, 0.29) is 29.8 Å². The van der Waals surface area contributed by atoms with Gasteiger partial charge in [-0.1, -0.05) is 18.2 Å². The summed E-state index contributed by atoms with van der Waals surface area (Å²) < 4.78 is 5.10. The first-order valence-corrected chi connectivity index (χ1v) is 8.87. The first kappa shape index (κ1) is 16.6. The molecular formula is C19H21N3O4. The summed E-state index contributed by atoms with van der Waals surface area (Å²) in [6.45, 7) is 3.55. The Morgan fingerprint density at radius 2 is 2.00 bits per heavy atom. The van der Waals surface area contributed by atoms with Crippen molar-refractivity contribution >= 4 is 22.9 Å². The number of carbonyl (C=O) groups is 2. The van der Waals surface area contributed by atoms with E-state index >= 15 is 0 Å². The Bertz CT molecular complexity index is 861. The van der Waals surface area contributed by atoms with Gasteiger partial charge in [-0.15, -0.1) is 0 Å². The van der Waals surface area contributed by atoms with Gasteiger partial charge in [-0.2, -0.15) is 0 Å². The average molecular weight is 355 g/mol. The number of amides is 2. The lowest BCUT2D eigenvalue weighted by Crippen LogP contribution is -2.49. The van der Waals surface area contributed by atoms with Gasteiger partial charge < -0.3 is 14.7 Å². The van der Waals surface area contributed by atoms with E-state index in [1.165, 1.54) is 0 Å². The highest BCUT2D eigenvalue weighted by molar-refractivity contribution is 5.96. The predicted molar refractivity (Wildman–Crippen MR) is 95.0 cm³/mol. The van der Waals surface area contributed by atoms with E-state index in [0.717, 1.165) is 18.2 Å². The molecule has 1 N–H and O–H groups in total. The van der Waals surface area contributed by atoms with E-state index in [0.29, 0.717) is 30.9 Å². The molecule has 2 amide bonds. The number of carbonyl (C=O) groups excluding carboxylic acids is 2. The van der Waals surface area contributed by atoms with Crippen molar-refractivity contribution in [2.45, 2.75) is 31.8 Å². The number of likely N-dealkylation sites (tertiary alicyclic amines) is 1. The fourth-order valence-electron chi connectivity index (χ4n) is 3.80. The van der Waals surface area contributed by atoms with Gasteiger partial charge in [0.25, 0.3) is 5.91 Å². The first-order chi connectivity index (χ1) is 12.5. The summed E-state index contributed by atoms with van der Waals surface area (Å²) in [7, 11) is 0. The van der Waals surface area contributed by atoms with E-state index in [1.807, 2.05) is 13.0 Å². The summed E-state index contributed by atoms with van der Waals surface area (Å²) >= 11 is 0. The van der Waals surface area contributed by atoms with E-state index in [2.05, 4.69) is 4.98 Å². The number of cyclic esters (lactones) is 1. The van der Waals surface area contributed by atoms with Gasteiger partial charge in [0.05, 0.1) is 6.04 Å². The lowest BCUT2D eigenvalue weighted by atomic mass is 10.0. The van der Waals surface area contributed by atoms with Crippen LogP contribution in [-0.2, 0) is 4.74 Å². The van der Waals surface area contributed by atoms with Crippen LogP contribution in [0.25, 0.3) is 10.9 Å². The largest absolute Gasteiger partial charge is 0.506 e. The average Bonchev–Trinajstić information content (AvgIpc) is 3.00. The van der Waals surface area contributed by atoms with Gasteiger partial charge in [0.15, 0.2) is 0 Å². The van der Waals surface area contributed by atoms with Crippen LogP contribution in [0, 0.1) is 0 Å². The number of benzene rings is 1. The molecule has 0 saturated carbocycles. The Morgan fingerprint density at radius 3 is 2.69 bits per heavy atom. The Labute approximate surface area is 151 Å². The number of aromatic hydroxyl groups is 1. The third kappa shape index (κ3) is 2.83. The van der Waals surface area contributed by atoms with E-state index in [9.17, 15) is 14.7 Å². The second kappa shape index (κ2) is 6.48.